The highest BCUT2D eigenvalue weighted by molar-refractivity contribution is 7.89. The van der Waals surface area contributed by atoms with Crippen LogP contribution in [0.25, 0.3) is 0 Å². The number of amides is 1. The molecule has 0 bridgehead atoms. The number of rotatable bonds is 7. The molecule has 0 saturated heterocycles. The maximum Gasteiger partial charge on any atom is 0.241 e. The van der Waals surface area contributed by atoms with Crippen LogP contribution < -0.4 is 15.8 Å². The Hall–Kier alpha value is -2.22. The number of nitrogens with one attached hydrogen (secondary N) is 2. The van der Waals surface area contributed by atoms with Gasteiger partial charge in [0, 0.05) is 13.1 Å². The number of hydrogen-bond acceptors (Lipinski definition) is 4. The Bertz CT molecular complexity index is 816. The standard InChI is InChI=1S/C18H23N3O3S/c1-13-3-7-15(8-4-13)17(19)18(22)20-11-12-21-25(23,24)16-9-5-14(2)6-10-16/h3-10,17,21H,11-12,19H2,1-2H3,(H,20,22). The molecule has 25 heavy (non-hydrogen) atoms. The van der Waals surface area contributed by atoms with E-state index in [1.54, 1.807) is 36.4 Å². The predicted octanol–water partition coefficient (Wildman–Crippen LogP) is 1.40. The molecule has 0 spiro atoms. The topological polar surface area (TPSA) is 101 Å². The van der Waals surface area contributed by atoms with Gasteiger partial charge in [-0.25, -0.2) is 13.1 Å². The quantitative estimate of drug-likeness (QED) is 0.649. The molecule has 1 atom stereocenters. The lowest BCUT2D eigenvalue weighted by Crippen LogP contribution is -2.39. The molecule has 7 heteroatoms. The highest BCUT2D eigenvalue weighted by atomic mass is 32.2. The Kier molecular flexibility index (Phi) is 6.30. The van der Waals surface area contributed by atoms with E-state index in [-0.39, 0.29) is 23.9 Å². The third-order valence-corrected chi connectivity index (χ3v) is 5.24. The maximum absolute atomic E-state index is 12.1. The van der Waals surface area contributed by atoms with Crippen molar-refractivity contribution in [2.24, 2.45) is 5.73 Å². The first-order valence-electron chi connectivity index (χ1n) is 7.96. The summed E-state index contributed by atoms with van der Waals surface area (Å²) in [7, 11) is -3.58. The van der Waals surface area contributed by atoms with Crippen molar-refractivity contribution in [2.75, 3.05) is 13.1 Å². The van der Waals surface area contributed by atoms with Gasteiger partial charge in [-0.2, -0.15) is 0 Å². The number of sulfonamides is 1. The SMILES string of the molecule is Cc1ccc(C(N)C(=O)NCCNS(=O)(=O)c2ccc(C)cc2)cc1. The minimum atomic E-state index is -3.58. The predicted molar refractivity (Wildman–Crippen MR) is 97.5 cm³/mol. The van der Waals surface area contributed by atoms with Crippen LogP contribution in [0.5, 0.6) is 0 Å². The molecule has 134 valence electrons. The van der Waals surface area contributed by atoms with Crippen LogP contribution >= 0.6 is 0 Å². The normalized spacial score (nSPS) is 12.6. The second-order valence-electron chi connectivity index (χ2n) is 5.89. The average molecular weight is 361 g/mol. The number of benzene rings is 2. The monoisotopic (exact) mass is 361 g/mol. The van der Waals surface area contributed by atoms with Crippen LogP contribution in [0.3, 0.4) is 0 Å². The highest BCUT2D eigenvalue weighted by Crippen LogP contribution is 2.11. The molecule has 2 rings (SSSR count). The Morgan fingerprint density at radius 2 is 1.48 bits per heavy atom. The van der Waals surface area contributed by atoms with Crippen molar-refractivity contribution in [1.29, 1.82) is 0 Å². The summed E-state index contributed by atoms with van der Waals surface area (Å²) in [4.78, 5) is 12.2. The lowest BCUT2D eigenvalue weighted by atomic mass is 10.1. The lowest BCUT2D eigenvalue weighted by Gasteiger charge is -2.13. The Morgan fingerprint density at radius 1 is 0.960 bits per heavy atom. The molecule has 2 aromatic carbocycles. The van der Waals surface area contributed by atoms with Crippen LogP contribution in [-0.4, -0.2) is 27.4 Å². The molecule has 0 aromatic heterocycles. The zero-order valence-corrected chi connectivity index (χ0v) is 15.1. The maximum atomic E-state index is 12.1. The number of carbonyl (C=O) groups excluding carboxylic acids is 1. The first-order valence-corrected chi connectivity index (χ1v) is 9.44. The van der Waals surface area contributed by atoms with Crippen molar-refractivity contribution < 1.29 is 13.2 Å². The van der Waals surface area contributed by atoms with E-state index >= 15 is 0 Å². The summed E-state index contributed by atoms with van der Waals surface area (Å²) in [5.41, 5.74) is 8.69. The third-order valence-electron chi connectivity index (χ3n) is 3.77. The van der Waals surface area contributed by atoms with Crippen LogP contribution in [0.1, 0.15) is 22.7 Å². The molecule has 1 amide bonds. The molecule has 0 radical (unpaired) electrons. The van der Waals surface area contributed by atoms with Gasteiger partial charge in [0.25, 0.3) is 0 Å². The van der Waals surface area contributed by atoms with Gasteiger partial charge >= 0.3 is 0 Å². The van der Waals surface area contributed by atoms with Gasteiger partial charge in [-0.1, -0.05) is 47.5 Å². The molecule has 2 aromatic rings. The van der Waals surface area contributed by atoms with Crippen molar-refractivity contribution in [3.05, 3.63) is 65.2 Å². The van der Waals surface area contributed by atoms with Crippen molar-refractivity contribution in [1.82, 2.24) is 10.0 Å². The number of nitrogens with two attached hydrogens (primary N) is 1. The number of carbonyl (C=O) groups is 1. The molecule has 0 saturated carbocycles. The van der Waals surface area contributed by atoms with Gasteiger partial charge < -0.3 is 11.1 Å². The molecule has 1 unspecified atom stereocenters. The van der Waals surface area contributed by atoms with Crippen LogP contribution in [0, 0.1) is 13.8 Å². The number of hydrogen-bond donors (Lipinski definition) is 3. The zero-order valence-electron chi connectivity index (χ0n) is 14.3. The van der Waals surface area contributed by atoms with Crippen molar-refractivity contribution in [3.63, 3.8) is 0 Å². The van der Waals surface area contributed by atoms with E-state index in [9.17, 15) is 13.2 Å². The molecule has 0 aliphatic heterocycles. The average Bonchev–Trinajstić information content (AvgIpc) is 2.59. The Balaban J connectivity index is 1.82. The molecule has 0 fully saturated rings. The second-order valence-corrected chi connectivity index (χ2v) is 7.66. The molecule has 0 aliphatic rings. The van der Waals surface area contributed by atoms with Crippen molar-refractivity contribution >= 4 is 15.9 Å². The summed E-state index contributed by atoms with van der Waals surface area (Å²) >= 11 is 0. The Morgan fingerprint density at radius 3 is 2.04 bits per heavy atom. The van der Waals surface area contributed by atoms with Crippen molar-refractivity contribution in [2.45, 2.75) is 24.8 Å². The molecule has 0 heterocycles. The summed E-state index contributed by atoms with van der Waals surface area (Å²) in [5, 5.41) is 2.64. The van der Waals surface area contributed by atoms with Gasteiger partial charge in [-0.3, -0.25) is 4.79 Å². The smallest absolute Gasteiger partial charge is 0.241 e. The summed E-state index contributed by atoms with van der Waals surface area (Å²) in [6.45, 7) is 4.08. The van der Waals surface area contributed by atoms with E-state index in [1.807, 2.05) is 26.0 Å². The number of aryl methyl sites for hydroxylation is 2. The van der Waals surface area contributed by atoms with Crippen LogP contribution in [0.15, 0.2) is 53.4 Å². The van der Waals surface area contributed by atoms with Gasteiger partial charge in [-0.05, 0) is 31.5 Å². The first-order chi connectivity index (χ1) is 11.8. The third kappa shape index (κ3) is 5.38. The summed E-state index contributed by atoms with van der Waals surface area (Å²) in [6.07, 6.45) is 0. The molecular formula is C18H23N3O3S. The van der Waals surface area contributed by atoms with E-state index in [2.05, 4.69) is 10.0 Å². The van der Waals surface area contributed by atoms with Crippen LogP contribution in [0.2, 0.25) is 0 Å². The van der Waals surface area contributed by atoms with Gasteiger partial charge in [-0.15, -0.1) is 0 Å². The minimum absolute atomic E-state index is 0.0859. The summed E-state index contributed by atoms with van der Waals surface area (Å²) < 4.78 is 26.7. The minimum Gasteiger partial charge on any atom is -0.353 e. The van der Waals surface area contributed by atoms with Crippen molar-refractivity contribution in [3.8, 4) is 0 Å². The zero-order chi connectivity index (χ0) is 18.4. The van der Waals surface area contributed by atoms with Crippen LogP contribution in [0.4, 0.5) is 0 Å². The van der Waals surface area contributed by atoms with Gasteiger partial charge in [0.2, 0.25) is 15.9 Å². The largest absolute Gasteiger partial charge is 0.353 e. The summed E-state index contributed by atoms with van der Waals surface area (Å²) in [5.74, 6) is -0.349. The summed E-state index contributed by atoms with van der Waals surface area (Å²) in [6, 6.07) is 13.2. The first kappa shape index (κ1) is 19.1. The lowest BCUT2D eigenvalue weighted by molar-refractivity contribution is -0.122. The fraction of sp³-hybridized carbons (Fsp3) is 0.278. The second kappa shape index (κ2) is 8.24. The molecule has 4 N–H and O–H groups in total. The van der Waals surface area contributed by atoms with Gasteiger partial charge in [0.15, 0.2) is 0 Å². The highest BCUT2D eigenvalue weighted by Gasteiger charge is 2.16. The fourth-order valence-electron chi connectivity index (χ4n) is 2.21. The molecule has 6 nitrogen and oxygen atoms in total. The van der Waals surface area contributed by atoms with Gasteiger partial charge in [0.05, 0.1) is 4.90 Å². The van der Waals surface area contributed by atoms with Gasteiger partial charge in [0.1, 0.15) is 6.04 Å². The molecular weight excluding hydrogens is 338 g/mol. The van der Waals surface area contributed by atoms with E-state index in [1.165, 1.54) is 0 Å². The van der Waals surface area contributed by atoms with Crippen LogP contribution in [-0.2, 0) is 14.8 Å². The molecule has 0 aliphatic carbocycles. The van der Waals surface area contributed by atoms with E-state index < -0.39 is 16.1 Å². The fourth-order valence-corrected chi connectivity index (χ4v) is 3.24. The van der Waals surface area contributed by atoms with E-state index in [4.69, 9.17) is 5.73 Å². The van der Waals surface area contributed by atoms with E-state index in [0.29, 0.717) is 5.56 Å². The van der Waals surface area contributed by atoms with E-state index in [0.717, 1.165) is 11.1 Å². The Labute approximate surface area is 148 Å².